The van der Waals surface area contributed by atoms with Gasteiger partial charge in [0.15, 0.2) is 5.78 Å². The summed E-state index contributed by atoms with van der Waals surface area (Å²) in [6.07, 6.45) is 4.52. The Bertz CT molecular complexity index is 1120. The van der Waals surface area contributed by atoms with Crippen LogP contribution in [0.3, 0.4) is 0 Å². The molecule has 0 amide bonds. The molecule has 3 heteroatoms. The third-order valence-electron chi connectivity index (χ3n) is 5.20. The van der Waals surface area contributed by atoms with Gasteiger partial charge in [0, 0.05) is 34.1 Å². The monoisotopic (exact) mass is 478 g/mol. The second kappa shape index (κ2) is 8.20. The Hall–Kier alpha value is -2.58. The zero-order valence-electron chi connectivity index (χ0n) is 15.5. The first kappa shape index (κ1) is 18.8. The summed E-state index contributed by atoms with van der Waals surface area (Å²) in [4.78, 5) is 12.5. The molecule has 1 aliphatic rings. The number of carbonyl (C=O) groups is 1. The van der Waals surface area contributed by atoms with Crippen LogP contribution in [-0.4, -0.2) is 12.9 Å². The first-order valence-corrected chi connectivity index (χ1v) is 10.3. The summed E-state index contributed by atoms with van der Waals surface area (Å²) in [7, 11) is 1.65. The summed E-state index contributed by atoms with van der Waals surface area (Å²) in [5, 5.41) is 2.38. The van der Waals surface area contributed by atoms with E-state index in [1.165, 1.54) is 16.3 Å². The molecule has 138 valence electrons. The summed E-state index contributed by atoms with van der Waals surface area (Å²) < 4.78 is 8.06. The van der Waals surface area contributed by atoms with Gasteiger partial charge in [0.25, 0.3) is 0 Å². The second-order valence-corrected chi connectivity index (χ2v) is 7.54. The Balaban J connectivity index is 1.45. The fourth-order valence-electron chi connectivity index (χ4n) is 3.52. The van der Waals surface area contributed by atoms with Crippen molar-refractivity contribution >= 4 is 45.2 Å². The number of ether oxygens (including phenoxy) is 1. The zero-order chi connectivity index (χ0) is 19.5. The predicted octanol–water partition coefficient (Wildman–Crippen LogP) is 5.98. The molecule has 0 N–H and O–H groups in total. The summed E-state index contributed by atoms with van der Waals surface area (Å²) in [5.41, 5.74) is 3.27. The van der Waals surface area contributed by atoms with E-state index >= 15 is 0 Å². The maximum atomic E-state index is 12.5. The van der Waals surface area contributed by atoms with Crippen molar-refractivity contribution in [3.63, 3.8) is 0 Å². The Morgan fingerprint density at radius 3 is 2.57 bits per heavy atom. The minimum atomic E-state index is 0.0936. The van der Waals surface area contributed by atoms with Crippen LogP contribution in [0.4, 0.5) is 0 Å². The van der Waals surface area contributed by atoms with Gasteiger partial charge in [0.2, 0.25) is 0 Å². The van der Waals surface area contributed by atoms with E-state index in [0.717, 1.165) is 23.3 Å². The van der Waals surface area contributed by atoms with Crippen molar-refractivity contribution in [1.82, 2.24) is 0 Å². The first-order chi connectivity index (χ1) is 13.7. The molecule has 1 saturated carbocycles. The summed E-state index contributed by atoms with van der Waals surface area (Å²) in [6, 6.07) is 20.5. The van der Waals surface area contributed by atoms with Crippen LogP contribution in [0.2, 0.25) is 0 Å². The van der Waals surface area contributed by atoms with Crippen molar-refractivity contribution < 1.29 is 9.53 Å². The number of methoxy groups -OCH3 is 1. The van der Waals surface area contributed by atoms with Gasteiger partial charge in [-0.15, -0.1) is 0 Å². The molecule has 3 aromatic carbocycles. The molecule has 2 nitrogen and oxygen atoms in total. The molecule has 4 rings (SSSR count). The standard InChI is InChI=1S/C25H19IO2/c1-28-22-9-3-17(4-10-22)5-11-25(27)24-16-23(24)21-8-7-19-14-18(12-13-26)2-6-20(19)15-21/h2-11,14-15,23-24H,16H2,1H3/b11-5+. The number of benzene rings is 3. The van der Waals surface area contributed by atoms with E-state index in [9.17, 15) is 4.79 Å². The maximum Gasteiger partial charge on any atom is 0.159 e. The number of fused-ring (bicyclic) bond motifs is 1. The van der Waals surface area contributed by atoms with E-state index in [2.05, 4.69) is 62.8 Å². The van der Waals surface area contributed by atoms with E-state index < -0.39 is 0 Å². The second-order valence-electron chi connectivity index (χ2n) is 7.00. The van der Waals surface area contributed by atoms with Gasteiger partial charge >= 0.3 is 0 Å². The Morgan fingerprint density at radius 1 is 1.07 bits per heavy atom. The van der Waals surface area contributed by atoms with Gasteiger partial charge in [-0.2, -0.15) is 0 Å². The average molecular weight is 478 g/mol. The van der Waals surface area contributed by atoms with Crippen molar-refractivity contribution in [2.24, 2.45) is 5.92 Å². The van der Waals surface area contributed by atoms with Gasteiger partial charge in [-0.1, -0.05) is 48.4 Å². The highest BCUT2D eigenvalue weighted by molar-refractivity contribution is 14.1. The van der Waals surface area contributed by atoms with Crippen LogP contribution in [0.1, 0.15) is 29.0 Å². The molecule has 2 unspecified atom stereocenters. The smallest absolute Gasteiger partial charge is 0.159 e. The molecule has 28 heavy (non-hydrogen) atoms. The summed E-state index contributed by atoms with van der Waals surface area (Å²) in [6.45, 7) is 0. The van der Waals surface area contributed by atoms with Gasteiger partial charge < -0.3 is 4.74 Å². The zero-order valence-corrected chi connectivity index (χ0v) is 17.6. The third kappa shape index (κ3) is 4.13. The molecule has 0 radical (unpaired) electrons. The molecule has 1 fully saturated rings. The Morgan fingerprint density at radius 2 is 1.82 bits per heavy atom. The van der Waals surface area contributed by atoms with Crippen LogP contribution < -0.4 is 4.74 Å². The van der Waals surface area contributed by atoms with Crippen molar-refractivity contribution in [1.29, 1.82) is 0 Å². The third-order valence-corrected chi connectivity index (χ3v) is 5.47. The molecule has 0 aliphatic heterocycles. The van der Waals surface area contributed by atoms with Crippen LogP contribution in [0.15, 0.2) is 66.7 Å². The van der Waals surface area contributed by atoms with E-state index in [1.54, 1.807) is 13.2 Å². The summed E-state index contributed by atoms with van der Waals surface area (Å²) >= 11 is 2.05. The maximum absolute atomic E-state index is 12.5. The molecule has 3 aromatic rings. The molecule has 0 saturated heterocycles. The Labute approximate surface area is 178 Å². The fraction of sp³-hybridized carbons (Fsp3) is 0.160. The molecular formula is C25H19IO2. The van der Waals surface area contributed by atoms with E-state index in [-0.39, 0.29) is 11.7 Å². The Kier molecular flexibility index (Phi) is 5.50. The molecule has 0 spiro atoms. The van der Waals surface area contributed by atoms with Crippen molar-refractivity contribution in [2.75, 3.05) is 7.11 Å². The van der Waals surface area contributed by atoms with Gasteiger partial charge in [0.05, 0.1) is 7.11 Å². The number of allylic oxidation sites excluding steroid dienone is 1. The van der Waals surface area contributed by atoms with Crippen LogP contribution in [-0.2, 0) is 4.79 Å². The lowest BCUT2D eigenvalue weighted by molar-refractivity contribution is -0.115. The van der Waals surface area contributed by atoms with Crippen molar-refractivity contribution in [3.05, 3.63) is 83.4 Å². The fourth-order valence-corrected chi connectivity index (χ4v) is 3.83. The summed E-state index contributed by atoms with van der Waals surface area (Å²) in [5.74, 6) is 4.52. The molecule has 2 atom stereocenters. The van der Waals surface area contributed by atoms with Gasteiger partial charge in [-0.05, 0) is 68.5 Å². The van der Waals surface area contributed by atoms with E-state index in [4.69, 9.17) is 4.74 Å². The minimum absolute atomic E-state index is 0.0936. The molecule has 1 aliphatic carbocycles. The lowest BCUT2D eigenvalue weighted by Crippen LogP contribution is -1.97. The minimum Gasteiger partial charge on any atom is -0.497 e. The largest absolute Gasteiger partial charge is 0.497 e. The van der Waals surface area contributed by atoms with Gasteiger partial charge in [0.1, 0.15) is 5.75 Å². The molecule has 0 bridgehead atoms. The van der Waals surface area contributed by atoms with Gasteiger partial charge in [-0.3, -0.25) is 4.79 Å². The number of hydrogen-bond donors (Lipinski definition) is 0. The quantitative estimate of drug-likeness (QED) is 0.256. The number of carbonyl (C=O) groups excluding carboxylic acids is 1. The van der Waals surface area contributed by atoms with E-state index in [1.807, 2.05) is 36.4 Å². The van der Waals surface area contributed by atoms with Crippen LogP contribution >= 0.6 is 22.6 Å². The van der Waals surface area contributed by atoms with Crippen molar-refractivity contribution in [3.8, 4) is 15.6 Å². The lowest BCUT2D eigenvalue weighted by atomic mass is 10.0. The number of hydrogen-bond acceptors (Lipinski definition) is 2. The lowest BCUT2D eigenvalue weighted by Gasteiger charge is -2.04. The first-order valence-electron chi connectivity index (χ1n) is 9.19. The molecular weight excluding hydrogens is 459 g/mol. The van der Waals surface area contributed by atoms with Gasteiger partial charge in [-0.25, -0.2) is 0 Å². The highest BCUT2D eigenvalue weighted by Crippen LogP contribution is 2.48. The molecule has 0 heterocycles. The SMILES string of the molecule is COc1ccc(/C=C/C(=O)C2CC2c2ccc3cc(C#CI)ccc3c2)cc1. The number of halogens is 1. The van der Waals surface area contributed by atoms with Crippen LogP contribution in [0.5, 0.6) is 5.75 Å². The average Bonchev–Trinajstić information content (AvgIpc) is 3.53. The highest BCUT2D eigenvalue weighted by Gasteiger charge is 2.42. The topological polar surface area (TPSA) is 26.3 Å². The van der Waals surface area contributed by atoms with Crippen LogP contribution in [0.25, 0.3) is 16.8 Å². The number of ketones is 1. The highest BCUT2D eigenvalue weighted by atomic mass is 127. The van der Waals surface area contributed by atoms with Crippen LogP contribution in [0, 0.1) is 15.8 Å². The predicted molar refractivity (Wildman–Crippen MR) is 123 cm³/mol. The number of rotatable bonds is 5. The molecule has 0 aromatic heterocycles. The van der Waals surface area contributed by atoms with Crippen molar-refractivity contribution in [2.45, 2.75) is 12.3 Å². The normalized spacial score (nSPS) is 17.9. The van der Waals surface area contributed by atoms with E-state index in [0.29, 0.717) is 5.92 Å².